The molecule has 0 fully saturated rings. The molecule has 0 aliphatic heterocycles. The molecule has 2 rings (SSSR count). The van der Waals surface area contributed by atoms with Gasteiger partial charge in [-0.1, -0.05) is 54.6 Å². The van der Waals surface area contributed by atoms with E-state index in [4.69, 9.17) is 5.73 Å². The van der Waals surface area contributed by atoms with Crippen molar-refractivity contribution in [2.75, 3.05) is 0 Å². The highest BCUT2D eigenvalue weighted by atomic mass is 32.2. The first-order valence-corrected chi connectivity index (χ1v) is 7.70. The topological polar surface area (TPSA) is 26.0 Å². The molecule has 0 aliphatic rings. The molecule has 0 aliphatic carbocycles. The third-order valence-corrected chi connectivity index (χ3v) is 4.79. The zero-order chi connectivity index (χ0) is 13.7. The Bertz CT molecular complexity index is 508. The monoisotopic (exact) mass is 271 g/mol. The molecule has 0 bridgehead atoms. The van der Waals surface area contributed by atoms with E-state index in [1.165, 1.54) is 16.7 Å². The molecule has 2 atom stereocenters. The average molecular weight is 271 g/mol. The van der Waals surface area contributed by atoms with Crippen LogP contribution in [-0.4, -0.2) is 6.04 Å². The van der Waals surface area contributed by atoms with Crippen molar-refractivity contribution in [3.63, 3.8) is 0 Å². The molecule has 0 saturated heterocycles. The number of thioether (sulfide) groups is 1. The first-order valence-electron chi connectivity index (χ1n) is 6.65. The third kappa shape index (κ3) is 3.85. The van der Waals surface area contributed by atoms with Crippen molar-refractivity contribution in [2.24, 2.45) is 5.73 Å². The zero-order valence-corrected chi connectivity index (χ0v) is 12.4. The summed E-state index contributed by atoms with van der Waals surface area (Å²) in [7, 11) is 0. The van der Waals surface area contributed by atoms with Gasteiger partial charge in [0.15, 0.2) is 0 Å². The highest BCUT2D eigenvalue weighted by Gasteiger charge is 2.18. The van der Waals surface area contributed by atoms with Gasteiger partial charge in [0.25, 0.3) is 0 Å². The largest absolute Gasteiger partial charge is 0.327 e. The van der Waals surface area contributed by atoms with Crippen molar-refractivity contribution in [1.82, 2.24) is 0 Å². The Morgan fingerprint density at radius 3 is 2.26 bits per heavy atom. The molecule has 0 radical (unpaired) electrons. The van der Waals surface area contributed by atoms with Gasteiger partial charge in [-0.05, 0) is 30.5 Å². The molecule has 1 nitrogen and oxygen atoms in total. The number of benzene rings is 2. The van der Waals surface area contributed by atoms with Gasteiger partial charge in [-0.3, -0.25) is 0 Å². The summed E-state index contributed by atoms with van der Waals surface area (Å²) >= 11 is 1.92. The maximum atomic E-state index is 6.18. The predicted molar refractivity (Wildman–Crippen MR) is 85.3 cm³/mol. The Hall–Kier alpha value is -1.25. The average Bonchev–Trinajstić information content (AvgIpc) is 2.42. The summed E-state index contributed by atoms with van der Waals surface area (Å²) in [6.45, 7) is 4.25. The van der Waals surface area contributed by atoms with Crippen LogP contribution in [0.1, 0.15) is 28.9 Å². The number of hydrogen-bond acceptors (Lipinski definition) is 2. The lowest BCUT2D eigenvalue weighted by Crippen LogP contribution is -2.23. The van der Waals surface area contributed by atoms with Gasteiger partial charge in [0, 0.05) is 17.0 Å². The van der Waals surface area contributed by atoms with Crippen LogP contribution in [0.3, 0.4) is 0 Å². The zero-order valence-electron chi connectivity index (χ0n) is 11.5. The SMILES string of the molecule is Cc1ccccc1C(SCc1ccccc1)C(C)N. The number of nitrogens with two attached hydrogens (primary N) is 1. The van der Waals surface area contributed by atoms with Crippen molar-refractivity contribution in [2.45, 2.75) is 30.9 Å². The van der Waals surface area contributed by atoms with Crippen LogP contribution in [0.2, 0.25) is 0 Å². The van der Waals surface area contributed by atoms with E-state index >= 15 is 0 Å². The Morgan fingerprint density at radius 2 is 1.63 bits per heavy atom. The van der Waals surface area contributed by atoms with Gasteiger partial charge in [-0.2, -0.15) is 0 Å². The van der Waals surface area contributed by atoms with Gasteiger partial charge in [0.2, 0.25) is 0 Å². The third-order valence-electron chi connectivity index (χ3n) is 3.24. The second kappa shape index (κ2) is 6.78. The lowest BCUT2D eigenvalue weighted by Gasteiger charge is -2.22. The summed E-state index contributed by atoms with van der Waals surface area (Å²) in [4.78, 5) is 0. The van der Waals surface area contributed by atoms with E-state index in [1.54, 1.807) is 0 Å². The maximum Gasteiger partial charge on any atom is 0.0451 e. The van der Waals surface area contributed by atoms with Crippen LogP contribution in [0.15, 0.2) is 54.6 Å². The first kappa shape index (κ1) is 14.2. The molecule has 100 valence electrons. The molecule has 2 heteroatoms. The minimum Gasteiger partial charge on any atom is -0.327 e. The Morgan fingerprint density at radius 1 is 1.00 bits per heavy atom. The Balaban J connectivity index is 2.12. The lowest BCUT2D eigenvalue weighted by atomic mass is 10.0. The molecule has 0 amide bonds. The summed E-state index contributed by atoms with van der Waals surface area (Å²) in [6, 6.07) is 19.3. The molecular formula is C17H21NS. The van der Waals surface area contributed by atoms with E-state index in [0.717, 1.165) is 5.75 Å². The molecule has 0 heterocycles. The summed E-state index contributed by atoms with van der Waals surface area (Å²) in [5.74, 6) is 1.00. The molecule has 2 aromatic carbocycles. The van der Waals surface area contributed by atoms with Crippen molar-refractivity contribution in [3.05, 3.63) is 71.3 Å². The molecule has 19 heavy (non-hydrogen) atoms. The molecule has 0 spiro atoms. The van der Waals surface area contributed by atoms with Gasteiger partial charge in [-0.15, -0.1) is 11.8 Å². The Labute approximate surface area is 120 Å². The van der Waals surface area contributed by atoms with Crippen molar-refractivity contribution >= 4 is 11.8 Å². The van der Waals surface area contributed by atoms with Crippen LogP contribution >= 0.6 is 11.8 Å². The normalized spacial score (nSPS) is 14.1. The van der Waals surface area contributed by atoms with Gasteiger partial charge in [-0.25, -0.2) is 0 Å². The molecule has 2 unspecified atom stereocenters. The standard InChI is InChI=1S/C17H21NS/c1-13-8-6-7-11-16(13)17(14(2)18)19-12-15-9-4-3-5-10-15/h3-11,14,17H,12,18H2,1-2H3. The quantitative estimate of drug-likeness (QED) is 0.876. The predicted octanol–water partition coefficient (Wildman–Crippen LogP) is 4.32. The second-order valence-corrected chi connectivity index (χ2v) is 6.06. The minimum absolute atomic E-state index is 0.148. The summed E-state index contributed by atoms with van der Waals surface area (Å²) < 4.78 is 0. The Kier molecular flexibility index (Phi) is 5.06. The smallest absolute Gasteiger partial charge is 0.0451 e. The number of hydrogen-bond donors (Lipinski definition) is 1. The van der Waals surface area contributed by atoms with Crippen LogP contribution in [0.5, 0.6) is 0 Å². The summed E-state index contributed by atoms with van der Waals surface area (Å²) in [5.41, 5.74) is 10.2. The second-order valence-electron chi connectivity index (χ2n) is 4.93. The van der Waals surface area contributed by atoms with Crippen molar-refractivity contribution in [3.8, 4) is 0 Å². The summed E-state index contributed by atoms with van der Waals surface area (Å²) in [5, 5.41) is 0.349. The van der Waals surface area contributed by atoms with Crippen LogP contribution in [-0.2, 0) is 5.75 Å². The van der Waals surface area contributed by atoms with Crippen LogP contribution in [0.25, 0.3) is 0 Å². The minimum atomic E-state index is 0.148. The van der Waals surface area contributed by atoms with E-state index in [-0.39, 0.29) is 6.04 Å². The van der Waals surface area contributed by atoms with Crippen molar-refractivity contribution in [1.29, 1.82) is 0 Å². The molecular weight excluding hydrogens is 250 g/mol. The fourth-order valence-electron chi connectivity index (χ4n) is 2.19. The molecule has 0 saturated carbocycles. The van der Waals surface area contributed by atoms with E-state index < -0.39 is 0 Å². The summed E-state index contributed by atoms with van der Waals surface area (Å²) in [6.07, 6.45) is 0. The molecule has 2 N–H and O–H groups in total. The van der Waals surface area contributed by atoms with E-state index in [9.17, 15) is 0 Å². The van der Waals surface area contributed by atoms with Crippen molar-refractivity contribution < 1.29 is 0 Å². The highest BCUT2D eigenvalue weighted by Crippen LogP contribution is 2.35. The number of aryl methyl sites for hydroxylation is 1. The van der Waals surface area contributed by atoms with Gasteiger partial charge in [0.05, 0.1) is 0 Å². The van der Waals surface area contributed by atoms with Gasteiger partial charge >= 0.3 is 0 Å². The fourth-order valence-corrected chi connectivity index (χ4v) is 3.50. The van der Waals surface area contributed by atoms with E-state index in [0.29, 0.717) is 5.25 Å². The van der Waals surface area contributed by atoms with E-state index in [1.807, 2.05) is 11.8 Å². The van der Waals surface area contributed by atoms with E-state index in [2.05, 4.69) is 68.4 Å². The highest BCUT2D eigenvalue weighted by molar-refractivity contribution is 7.98. The lowest BCUT2D eigenvalue weighted by molar-refractivity contribution is 0.718. The van der Waals surface area contributed by atoms with Crippen LogP contribution in [0, 0.1) is 6.92 Å². The molecule has 2 aromatic rings. The van der Waals surface area contributed by atoms with Crippen LogP contribution in [0.4, 0.5) is 0 Å². The maximum absolute atomic E-state index is 6.18. The number of rotatable bonds is 5. The van der Waals surface area contributed by atoms with Crippen LogP contribution < -0.4 is 5.73 Å². The van der Waals surface area contributed by atoms with Gasteiger partial charge < -0.3 is 5.73 Å². The molecule has 0 aromatic heterocycles. The van der Waals surface area contributed by atoms with Gasteiger partial charge in [0.1, 0.15) is 0 Å². The fraction of sp³-hybridized carbons (Fsp3) is 0.294. The first-order chi connectivity index (χ1) is 9.18.